The molecule has 9 heteroatoms. The molecule has 0 aliphatic heterocycles. The number of hydrogen-bond acceptors (Lipinski definition) is 3. The summed E-state index contributed by atoms with van der Waals surface area (Å²) in [6.45, 7) is 1.12. The van der Waals surface area contributed by atoms with Crippen LogP contribution in [0.5, 0.6) is 5.75 Å². The largest absolute Gasteiger partial charge is 0.487 e. The van der Waals surface area contributed by atoms with Crippen molar-refractivity contribution in [3.05, 3.63) is 86.3 Å². The van der Waals surface area contributed by atoms with Crippen molar-refractivity contribution in [1.29, 1.82) is 0 Å². The van der Waals surface area contributed by atoms with Crippen LogP contribution in [0.4, 0.5) is 23.2 Å². The van der Waals surface area contributed by atoms with Gasteiger partial charge in [-0.05, 0) is 31.2 Å². The van der Waals surface area contributed by atoms with Crippen molar-refractivity contribution >= 4 is 17.3 Å². The summed E-state index contributed by atoms with van der Waals surface area (Å²) >= 11 is 6.07. The molecular weight excluding hydrogens is 424 g/mol. The molecule has 0 aliphatic carbocycles. The van der Waals surface area contributed by atoms with Crippen molar-refractivity contribution in [1.82, 2.24) is 4.57 Å². The molecule has 0 N–H and O–H groups in total. The summed E-state index contributed by atoms with van der Waals surface area (Å²) in [5.74, 6) is -3.53. The van der Waals surface area contributed by atoms with Crippen molar-refractivity contribution in [3.63, 3.8) is 0 Å². The lowest BCUT2D eigenvalue weighted by Gasteiger charge is -2.18. The Balaban J connectivity index is 2.01. The first-order valence-corrected chi connectivity index (χ1v) is 9.13. The molecule has 3 rings (SSSR count). The lowest BCUT2D eigenvalue weighted by atomic mass is 10.2. The quantitative estimate of drug-likeness (QED) is 0.524. The van der Waals surface area contributed by atoms with Gasteiger partial charge in [-0.3, -0.25) is 9.36 Å². The first-order chi connectivity index (χ1) is 14.1. The third-order valence-corrected chi connectivity index (χ3v) is 4.79. The van der Waals surface area contributed by atoms with Gasteiger partial charge in [-0.2, -0.15) is 0 Å². The van der Waals surface area contributed by atoms with Crippen molar-refractivity contribution < 1.29 is 22.3 Å². The normalized spacial score (nSPS) is 10.9. The first kappa shape index (κ1) is 21.7. The van der Waals surface area contributed by atoms with Gasteiger partial charge < -0.3 is 9.64 Å². The van der Waals surface area contributed by atoms with Crippen LogP contribution in [0.2, 0.25) is 5.02 Å². The Kier molecular flexibility index (Phi) is 6.07. The fourth-order valence-electron chi connectivity index (χ4n) is 2.88. The van der Waals surface area contributed by atoms with Crippen LogP contribution >= 0.6 is 11.6 Å². The summed E-state index contributed by atoms with van der Waals surface area (Å²) in [7, 11) is 3.25. The molecule has 1 aromatic heterocycles. The molecule has 0 atom stereocenters. The summed E-state index contributed by atoms with van der Waals surface area (Å²) < 4.78 is 62.2. The van der Waals surface area contributed by atoms with E-state index in [1.165, 1.54) is 24.0 Å². The van der Waals surface area contributed by atoms with Crippen molar-refractivity contribution in [2.75, 3.05) is 19.0 Å². The predicted octanol–water partition coefficient (Wildman–Crippen LogP) is 5.00. The second kappa shape index (κ2) is 8.39. The Morgan fingerprint density at radius 1 is 1.00 bits per heavy atom. The molecule has 0 unspecified atom stereocenters. The average molecular weight is 441 g/mol. The van der Waals surface area contributed by atoms with E-state index in [-0.39, 0.29) is 29.3 Å². The number of hydrogen-bond donors (Lipinski definition) is 0. The molecule has 158 valence electrons. The molecule has 2 aromatic carbocycles. The van der Waals surface area contributed by atoms with Gasteiger partial charge in [-0.15, -0.1) is 0 Å². The molecule has 0 amide bonds. The highest BCUT2D eigenvalue weighted by molar-refractivity contribution is 6.31. The molecular formula is C21H17ClF4N2O2. The van der Waals surface area contributed by atoms with Crippen molar-refractivity contribution in [3.8, 4) is 11.4 Å². The van der Waals surface area contributed by atoms with E-state index in [0.717, 1.165) is 22.8 Å². The molecule has 0 saturated heterocycles. The number of rotatable bonds is 5. The minimum atomic E-state index is -0.943. The Morgan fingerprint density at radius 2 is 1.63 bits per heavy atom. The highest BCUT2D eigenvalue weighted by atomic mass is 35.5. The van der Waals surface area contributed by atoms with Crippen LogP contribution in [0.25, 0.3) is 5.69 Å². The van der Waals surface area contributed by atoms with E-state index in [9.17, 15) is 22.4 Å². The number of aryl methyl sites for hydroxylation is 1. The maximum absolute atomic E-state index is 14.6. The topological polar surface area (TPSA) is 34.5 Å². The van der Waals surface area contributed by atoms with Crippen LogP contribution in [0.15, 0.2) is 41.2 Å². The van der Waals surface area contributed by atoms with E-state index in [1.807, 2.05) is 0 Å². The highest BCUT2D eigenvalue weighted by Gasteiger charge is 2.21. The molecule has 4 nitrogen and oxygen atoms in total. The Hall–Kier alpha value is -3.00. The van der Waals surface area contributed by atoms with Gasteiger partial charge in [0.1, 0.15) is 34.7 Å². The van der Waals surface area contributed by atoms with Gasteiger partial charge in [0.25, 0.3) is 5.56 Å². The average Bonchev–Trinajstić information content (AvgIpc) is 2.66. The first-order valence-electron chi connectivity index (χ1n) is 8.75. The van der Waals surface area contributed by atoms with Crippen LogP contribution in [0, 0.1) is 30.2 Å². The molecule has 30 heavy (non-hydrogen) atoms. The lowest BCUT2D eigenvalue weighted by Crippen LogP contribution is -2.24. The fraction of sp³-hybridized carbons (Fsp3) is 0.190. The summed E-state index contributed by atoms with van der Waals surface area (Å²) in [5.41, 5.74) is -0.991. The Morgan fingerprint density at radius 3 is 2.20 bits per heavy atom. The minimum Gasteiger partial charge on any atom is -0.487 e. The number of ether oxygens (including phenoxy) is 1. The van der Waals surface area contributed by atoms with E-state index in [4.69, 9.17) is 16.3 Å². The smallest absolute Gasteiger partial charge is 0.278 e. The number of pyridine rings is 1. The van der Waals surface area contributed by atoms with Gasteiger partial charge in [0.2, 0.25) is 0 Å². The van der Waals surface area contributed by atoms with E-state index < -0.39 is 39.5 Å². The lowest BCUT2D eigenvalue weighted by molar-refractivity contribution is 0.298. The van der Waals surface area contributed by atoms with Crippen LogP contribution in [0.3, 0.4) is 0 Å². The summed E-state index contributed by atoms with van der Waals surface area (Å²) in [6, 6.07) is 6.47. The molecule has 0 spiro atoms. The second-order valence-corrected chi connectivity index (χ2v) is 7.16. The number of benzene rings is 2. The van der Waals surface area contributed by atoms with Crippen LogP contribution in [-0.2, 0) is 6.61 Å². The van der Waals surface area contributed by atoms with Gasteiger partial charge in [0.05, 0.1) is 0 Å². The van der Waals surface area contributed by atoms with Gasteiger partial charge in [0, 0.05) is 43.2 Å². The molecule has 0 fully saturated rings. The number of aromatic nitrogens is 1. The molecule has 3 aromatic rings. The highest BCUT2D eigenvalue weighted by Crippen LogP contribution is 2.28. The molecule has 0 radical (unpaired) electrons. The Bertz CT molecular complexity index is 1160. The van der Waals surface area contributed by atoms with Gasteiger partial charge in [-0.1, -0.05) is 11.6 Å². The van der Waals surface area contributed by atoms with Gasteiger partial charge in [0.15, 0.2) is 11.6 Å². The van der Waals surface area contributed by atoms with Crippen LogP contribution in [-0.4, -0.2) is 18.7 Å². The van der Waals surface area contributed by atoms with E-state index in [2.05, 4.69) is 0 Å². The minimum absolute atomic E-state index is 0.0469. The Labute approximate surface area is 174 Å². The van der Waals surface area contributed by atoms with E-state index in [1.54, 1.807) is 14.1 Å². The van der Waals surface area contributed by atoms with E-state index >= 15 is 0 Å². The third-order valence-electron chi connectivity index (χ3n) is 4.44. The zero-order chi connectivity index (χ0) is 22.2. The molecule has 0 aliphatic rings. The molecule has 0 saturated carbocycles. The van der Waals surface area contributed by atoms with Crippen LogP contribution in [0.1, 0.15) is 11.3 Å². The zero-order valence-corrected chi connectivity index (χ0v) is 17.0. The van der Waals surface area contributed by atoms with Crippen LogP contribution < -0.4 is 15.2 Å². The maximum Gasteiger partial charge on any atom is 0.278 e. The number of nitrogens with zero attached hydrogens (tertiary/aromatic N) is 2. The second-order valence-electron chi connectivity index (χ2n) is 6.78. The zero-order valence-electron chi connectivity index (χ0n) is 16.3. The van der Waals surface area contributed by atoms with E-state index in [0.29, 0.717) is 6.07 Å². The monoisotopic (exact) mass is 440 g/mol. The predicted molar refractivity (Wildman–Crippen MR) is 107 cm³/mol. The molecule has 1 heterocycles. The third kappa shape index (κ3) is 4.14. The SMILES string of the molecule is Cc1cc(OCc2ccc(F)cc2F)c(Cl)c(=O)n1-c1c(F)cc(N(C)C)cc1F. The summed E-state index contributed by atoms with van der Waals surface area (Å²) in [4.78, 5) is 14.3. The summed E-state index contributed by atoms with van der Waals surface area (Å²) in [5, 5.41) is -0.432. The molecule has 0 bridgehead atoms. The standard InChI is InChI=1S/C21H17ClF4N2O2/c1-11-6-18(30-10-12-4-5-13(23)7-15(12)24)19(22)21(29)28(11)20-16(25)8-14(27(2)3)9-17(20)26/h4-9H,10H2,1-3H3. The van der Waals surface area contributed by atoms with Crippen molar-refractivity contribution in [2.24, 2.45) is 0 Å². The summed E-state index contributed by atoms with van der Waals surface area (Å²) in [6.07, 6.45) is 0. The fourth-order valence-corrected chi connectivity index (χ4v) is 3.08. The van der Waals surface area contributed by atoms with Crippen molar-refractivity contribution in [2.45, 2.75) is 13.5 Å². The van der Waals surface area contributed by atoms with Gasteiger partial charge in [-0.25, -0.2) is 17.6 Å². The maximum atomic E-state index is 14.6. The van der Waals surface area contributed by atoms with Gasteiger partial charge >= 0.3 is 0 Å². The number of anilines is 1. The number of halogens is 5.